The summed E-state index contributed by atoms with van der Waals surface area (Å²) in [7, 11) is 3.41. The van der Waals surface area contributed by atoms with Crippen molar-refractivity contribution in [3.63, 3.8) is 0 Å². The minimum absolute atomic E-state index is 0.788. The predicted molar refractivity (Wildman–Crippen MR) is 246 cm³/mol. The van der Waals surface area contributed by atoms with E-state index >= 15 is 0 Å². The molecule has 0 aliphatic heterocycles. The zero-order chi connectivity index (χ0) is 40.5. The molecule has 0 N–H and O–H groups in total. The average molecular weight is 771 g/mol. The first-order chi connectivity index (χ1) is 28.9. The summed E-state index contributed by atoms with van der Waals surface area (Å²) in [5, 5.41) is 2.10. The van der Waals surface area contributed by atoms with Crippen molar-refractivity contribution in [3.8, 4) is 33.8 Å². The van der Waals surface area contributed by atoms with Crippen LogP contribution in [0.2, 0.25) is 0 Å². The van der Waals surface area contributed by atoms with Crippen molar-refractivity contribution < 1.29 is 13.9 Å². The van der Waals surface area contributed by atoms with E-state index in [1.165, 1.54) is 33.4 Å². The summed E-state index contributed by atoms with van der Waals surface area (Å²) < 4.78 is 18.2. The summed E-state index contributed by atoms with van der Waals surface area (Å²) in [6.07, 6.45) is 1.01. The Morgan fingerprint density at radius 1 is 0.458 bits per heavy atom. The van der Waals surface area contributed by atoms with Gasteiger partial charge in [0, 0.05) is 69.2 Å². The molecule has 0 aliphatic carbocycles. The van der Waals surface area contributed by atoms with Crippen molar-refractivity contribution in [3.05, 3.63) is 193 Å². The van der Waals surface area contributed by atoms with E-state index in [0.717, 1.165) is 79.5 Å². The van der Waals surface area contributed by atoms with Crippen LogP contribution in [0.1, 0.15) is 23.6 Å². The van der Waals surface area contributed by atoms with Gasteiger partial charge in [-0.2, -0.15) is 0 Å². The largest absolute Gasteiger partial charge is 0.497 e. The van der Waals surface area contributed by atoms with Crippen LogP contribution in [0.5, 0.6) is 11.5 Å². The molecule has 0 fully saturated rings. The molecular weight excluding hydrogens is 725 g/mol. The van der Waals surface area contributed by atoms with Gasteiger partial charge in [-0.05, 0) is 120 Å². The third kappa shape index (κ3) is 7.28. The number of fused-ring (bicyclic) bond motifs is 3. The van der Waals surface area contributed by atoms with Gasteiger partial charge in [-0.25, -0.2) is 0 Å². The van der Waals surface area contributed by atoms with Gasteiger partial charge < -0.3 is 23.7 Å². The number of aryl methyl sites for hydroxylation is 2. The highest BCUT2D eigenvalue weighted by Gasteiger charge is 2.21. The number of hydrogen-bond acceptors (Lipinski definition) is 5. The van der Waals surface area contributed by atoms with Crippen LogP contribution < -0.4 is 19.3 Å². The molecule has 0 aliphatic rings. The van der Waals surface area contributed by atoms with Gasteiger partial charge in [0.25, 0.3) is 0 Å². The normalized spacial score (nSPS) is 11.2. The summed E-state index contributed by atoms with van der Waals surface area (Å²) in [6.45, 7) is 6.50. The van der Waals surface area contributed by atoms with Crippen molar-refractivity contribution in [1.82, 2.24) is 0 Å². The van der Waals surface area contributed by atoms with Gasteiger partial charge >= 0.3 is 0 Å². The molecule has 59 heavy (non-hydrogen) atoms. The minimum atomic E-state index is 0.788. The minimum Gasteiger partial charge on any atom is -0.497 e. The smallest absolute Gasteiger partial charge is 0.137 e. The number of hydrogen-bond donors (Lipinski definition) is 0. The zero-order valence-electron chi connectivity index (χ0n) is 34.1. The summed E-state index contributed by atoms with van der Waals surface area (Å²) in [5.41, 5.74) is 16.1. The Balaban J connectivity index is 1.16. The molecule has 0 bridgehead atoms. The predicted octanol–water partition coefficient (Wildman–Crippen LogP) is 15.1. The zero-order valence-corrected chi connectivity index (χ0v) is 34.1. The lowest BCUT2D eigenvalue weighted by atomic mass is 9.97. The van der Waals surface area contributed by atoms with Crippen LogP contribution in [0.3, 0.4) is 0 Å². The molecule has 0 atom stereocenters. The lowest BCUT2D eigenvalue weighted by Crippen LogP contribution is -2.12. The first kappa shape index (κ1) is 37.3. The molecule has 0 saturated carbocycles. The summed E-state index contributed by atoms with van der Waals surface area (Å²) in [4.78, 5) is 4.56. The quantitative estimate of drug-likeness (QED) is 0.131. The Morgan fingerprint density at radius 3 is 1.59 bits per heavy atom. The second kappa shape index (κ2) is 16.0. The van der Waals surface area contributed by atoms with Gasteiger partial charge in [-0.3, -0.25) is 0 Å². The van der Waals surface area contributed by atoms with E-state index in [0.29, 0.717) is 0 Å². The second-order valence-corrected chi connectivity index (χ2v) is 15.0. The van der Waals surface area contributed by atoms with Crippen LogP contribution >= 0.6 is 0 Å². The fourth-order valence-corrected chi connectivity index (χ4v) is 8.08. The number of anilines is 6. The topological polar surface area (TPSA) is 38.1 Å². The molecule has 5 nitrogen and oxygen atoms in total. The number of nitrogens with zero attached hydrogens (tertiary/aromatic N) is 2. The maximum atomic E-state index is 6.81. The molecule has 0 amide bonds. The SMILES string of the molecule is CCc1ccc(-c2cccc(N(c3cccc(OC)c3)c3ccc4c(c3)oc3cc(N(c5cccc(OC)c5)c5cccc(-c6ccc(C)cc6)c5C)ccc34)c2)cc1. The Morgan fingerprint density at radius 2 is 0.983 bits per heavy atom. The molecule has 0 spiro atoms. The maximum Gasteiger partial charge on any atom is 0.137 e. The van der Waals surface area contributed by atoms with Crippen LogP contribution in [0.25, 0.3) is 44.2 Å². The van der Waals surface area contributed by atoms with Gasteiger partial charge in [0.1, 0.15) is 22.7 Å². The number of ether oxygens (including phenoxy) is 2. The van der Waals surface area contributed by atoms with Crippen LogP contribution in [-0.4, -0.2) is 14.2 Å². The van der Waals surface area contributed by atoms with E-state index in [1.54, 1.807) is 14.2 Å². The highest BCUT2D eigenvalue weighted by Crippen LogP contribution is 2.44. The van der Waals surface area contributed by atoms with Gasteiger partial charge in [-0.15, -0.1) is 0 Å². The Labute approximate surface area is 346 Å². The number of methoxy groups -OCH3 is 2. The molecular formula is C54H46N2O3. The summed E-state index contributed by atoms with van der Waals surface area (Å²) in [6, 6.07) is 62.2. The number of benzene rings is 8. The van der Waals surface area contributed by atoms with Crippen molar-refractivity contribution in [2.24, 2.45) is 0 Å². The van der Waals surface area contributed by atoms with E-state index in [4.69, 9.17) is 13.9 Å². The molecule has 9 aromatic rings. The Kier molecular flexibility index (Phi) is 10.1. The molecule has 8 aromatic carbocycles. The van der Waals surface area contributed by atoms with Gasteiger partial charge in [0.15, 0.2) is 0 Å². The van der Waals surface area contributed by atoms with E-state index in [1.807, 2.05) is 24.3 Å². The van der Waals surface area contributed by atoms with Gasteiger partial charge in [-0.1, -0.05) is 97.4 Å². The van der Waals surface area contributed by atoms with E-state index < -0.39 is 0 Å². The van der Waals surface area contributed by atoms with E-state index in [2.05, 4.69) is 182 Å². The molecule has 9 rings (SSSR count). The van der Waals surface area contributed by atoms with Crippen molar-refractivity contribution in [2.75, 3.05) is 24.0 Å². The second-order valence-electron chi connectivity index (χ2n) is 15.0. The van der Waals surface area contributed by atoms with Gasteiger partial charge in [0.2, 0.25) is 0 Å². The van der Waals surface area contributed by atoms with Crippen LogP contribution in [-0.2, 0) is 6.42 Å². The third-order valence-electron chi connectivity index (χ3n) is 11.3. The first-order valence-corrected chi connectivity index (χ1v) is 20.1. The molecule has 1 heterocycles. The first-order valence-electron chi connectivity index (χ1n) is 20.1. The Bertz CT molecular complexity index is 2930. The highest BCUT2D eigenvalue weighted by molar-refractivity contribution is 6.07. The average Bonchev–Trinajstić information content (AvgIpc) is 3.65. The molecule has 290 valence electrons. The van der Waals surface area contributed by atoms with Crippen LogP contribution in [0, 0.1) is 13.8 Å². The fourth-order valence-electron chi connectivity index (χ4n) is 8.08. The Hall–Kier alpha value is -7.24. The standard InChI is InChI=1S/C54H46N2O3/c1-6-38-21-25-39(26-22-38)41-11-7-12-42(31-41)55(43-13-8-15-47(32-43)57-4)45-27-29-50-51-30-28-46(35-54(51)59-53(50)34-45)56(44-14-9-16-48(33-44)58-5)52-18-10-17-49(37(52)3)40-23-19-36(2)20-24-40/h7-35H,6H2,1-5H3. The molecule has 0 unspecified atom stereocenters. The maximum absolute atomic E-state index is 6.81. The number of rotatable bonds is 11. The van der Waals surface area contributed by atoms with Crippen molar-refractivity contribution in [2.45, 2.75) is 27.2 Å². The third-order valence-corrected chi connectivity index (χ3v) is 11.3. The molecule has 1 aromatic heterocycles. The molecule has 0 saturated heterocycles. The molecule has 0 radical (unpaired) electrons. The van der Waals surface area contributed by atoms with Gasteiger partial charge in [0.05, 0.1) is 14.2 Å². The van der Waals surface area contributed by atoms with Crippen molar-refractivity contribution in [1.29, 1.82) is 0 Å². The summed E-state index contributed by atoms with van der Waals surface area (Å²) >= 11 is 0. The van der Waals surface area contributed by atoms with Crippen LogP contribution in [0.4, 0.5) is 34.1 Å². The monoisotopic (exact) mass is 770 g/mol. The summed E-state index contributed by atoms with van der Waals surface area (Å²) in [5.74, 6) is 1.58. The molecule has 5 heteroatoms. The van der Waals surface area contributed by atoms with E-state index in [9.17, 15) is 0 Å². The van der Waals surface area contributed by atoms with Crippen molar-refractivity contribution >= 4 is 56.1 Å². The highest BCUT2D eigenvalue weighted by atomic mass is 16.5. The lowest BCUT2D eigenvalue weighted by Gasteiger charge is -2.28. The number of furan rings is 1. The van der Waals surface area contributed by atoms with E-state index in [-0.39, 0.29) is 0 Å². The van der Waals surface area contributed by atoms with Crippen LogP contribution in [0.15, 0.2) is 180 Å². The lowest BCUT2D eigenvalue weighted by molar-refractivity contribution is 0.415. The fraction of sp³-hybridized carbons (Fsp3) is 0.111.